The third kappa shape index (κ3) is 3.56. The molecule has 1 saturated heterocycles. The first kappa shape index (κ1) is 17.1. The van der Waals surface area contributed by atoms with E-state index in [1.807, 2.05) is 6.92 Å². The molecule has 1 aromatic rings. The maximum atomic E-state index is 14.0. The van der Waals surface area contributed by atoms with Crippen molar-refractivity contribution >= 4 is 15.9 Å². The fourth-order valence-corrected chi connectivity index (χ4v) is 4.42. The van der Waals surface area contributed by atoms with Crippen LogP contribution in [0.4, 0.5) is 14.5 Å². The van der Waals surface area contributed by atoms with Crippen LogP contribution in [0.1, 0.15) is 19.8 Å². The highest BCUT2D eigenvalue weighted by atomic mass is 32.2. The molecule has 1 unspecified atom stereocenters. The van der Waals surface area contributed by atoms with Crippen LogP contribution in [0.25, 0.3) is 0 Å². The van der Waals surface area contributed by atoms with Gasteiger partial charge in [0.2, 0.25) is 0 Å². The van der Waals surface area contributed by atoms with Crippen LogP contribution in [-0.4, -0.2) is 44.1 Å². The molecule has 0 radical (unpaired) electrons. The second-order valence-corrected chi connectivity index (χ2v) is 7.36. The summed E-state index contributed by atoms with van der Waals surface area (Å²) in [6.07, 6.45) is 1.68. The average Bonchev–Trinajstić information content (AvgIpc) is 2.45. The van der Waals surface area contributed by atoms with E-state index in [0.717, 1.165) is 29.3 Å². The number of halogens is 2. The molecule has 0 amide bonds. The Labute approximate surface area is 129 Å². The monoisotopic (exact) mass is 334 g/mol. The smallest absolute Gasteiger partial charge is 0.304 e. The van der Waals surface area contributed by atoms with Gasteiger partial charge in [-0.05, 0) is 30.9 Å². The summed E-state index contributed by atoms with van der Waals surface area (Å²) in [5.74, 6) is -1.53. The van der Waals surface area contributed by atoms with Gasteiger partial charge in [0.05, 0.1) is 18.8 Å². The number of piperidine rings is 1. The molecule has 1 N–H and O–H groups in total. The highest BCUT2D eigenvalue weighted by Gasteiger charge is 2.33. The maximum absolute atomic E-state index is 14.0. The second-order valence-electron chi connectivity index (χ2n) is 5.50. The van der Waals surface area contributed by atoms with Crippen LogP contribution < -0.4 is 4.31 Å². The first-order valence-electron chi connectivity index (χ1n) is 7.20. The van der Waals surface area contributed by atoms with Crippen LogP contribution in [0, 0.1) is 17.6 Å². The first-order chi connectivity index (χ1) is 10.4. The molecule has 22 heavy (non-hydrogen) atoms. The van der Waals surface area contributed by atoms with E-state index in [1.54, 1.807) is 0 Å². The van der Waals surface area contributed by atoms with Gasteiger partial charge in [-0.2, -0.15) is 12.7 Å². The lowest BCUT2D eigenvalue weighted by Crippen LogP contribution is -2.49. The number of nitrogens with zero attached hydrogens (tertiary/aromatic N) is 2. The first-order valence-corrected chi connectivity index (χ1v) is 8.59. The van der Waals surface area contributed by atoms with Crippen LogP contribution in [0.3, 0.4) is 0 Å². The predicted molar refractivity (Wildman–Crippen MR) is 79.7 cm³/mol. The zero-order valence-corrected chi connectivity index (χ0v) is 13.2. The molecule has 1 aromatic carbocycles. The molecule has 0 aromatic heterocycles. The van der Waals surface area contributed by atoms with Gasteiger partial charge in [0.25, 0.3) is 0 Å². The van der Waals surface area contributed by atoms with Gasteiger partial charge in [0.1, 0.15) is 11.6 Å². The fraction of sp³-hybridized carbons (Fsp3) is 0.571. The highest BCUT2D eigenvalue weighted by molar-refractivity contribution is 7.90. The summed E-state index contributed by atoms with van der Waals surface area (Å²) < 4.78 is 54.6. The lowest BCUT2D eigenvalue weighted by Gasteiger charge is -2.35. The van der Waals surface area contributed by atoms with Gasteiger partial charge >= 0.3 is 10.2 Å². The molecule has 1 fully saturated rings. The van der Waals surface area contributed by atoms with Gasteiger partial charge in [0, 0.05) is 19.2 Å². The Morgan fingerprint density at radius 1 is 1.41 bits per heavy atom. The number of aliphatic hydroxyl groups excluding tert-OH is 1. The van der Waals surface area contributed by atoms with Crippen LogP contribution in [0.5, 0.6) is 0 Å². The zero-order valence-electron chi connectivity index (χ0n) is 12.4. The van der Waals surface area contributed by atoms with E-state index in [1.165, 1.54) is 4.31 Å². The van der Waals surface area contributed by atoms with E-state index < -0.39 is 28.5 Å². The number of hydrogen-bond donors (Lipinski definition) is 1. The normalized spacial score (nSPS) is 20.1. The van der Waals surface area contributed by atoms with Crippen molar-refractivity contribution in [2.75, 3.05) is 30.5 Å². The van der Waals surface area contributed by atoms with Crippen molar-refractivity contribution in [3.63, 3.8) is 0 Å². The van der Waals surface area contributed by atoms with E-state index in [2.05, 4.69) is 0 Å². The zero-order chi connectivity index (χ0) is 16.3. The minimum Gasteiger partial charge on any atom is -0.394 e. The van der Waals surface area contributed by atoms with Crippen molar-refractivity contribution in [3.05, 3.63) is 29.8 Å². The van der Waals surface area contributed by atoms with E-state index in [9.17, 15) is 17.2 Å². The van der Waals surface area contributed by atoms with Crippen LogP contribution in [0.2, 0.25) is 0 Å². The molecular weight excluding hydrogens is 314 g/mol. The summed E-state index contributed by atoms with van der Waals surface area (Å²) >= 11 is 0. The standard InChI is InChI=1S/C14H20F2N2O3S/c1-11-3-2-6-17(10-11)22(20,21)18(7-8-19)14-5-4-12(15)9-13(14)16/h4-5,9,11,19H,2-3,6-8,10H2,1H3. The molecule has 5 nitrogen and oxygen atoms in total. The highest BCUT2D eigenvalue weighted by Crippen LogP contribution is 2.27. The molecule has 0 bridgehead atoms. The largest absolute Gasteiger partial charge is 0.394 e. The molecule has 1 heterocycles. The van der Waals surface area contributed by atoms with Gasteiger partial charge in [-0.3, -0.25) is 4.31 Å². The van der Waals surface area contributed by atoms with Crippen LogP contribution >= 0.6 is 0 Å². The predicted octanol–water partition coefficient (Wildman–Crippen LogP) is 1.74. The Hall–Kier alpha value is -1.25. The van der Waals surface area contributed by atoms with Crippen LogP contribution in [0.15, 0.2) is 18.2 Å². The summed E-state index contributed by atoms with van der Waals surface area (Å²) in [6.45, 7) is 1.93. The quantitative estimate of drug-likeness (QED) is 0.892. The van der Waals surface area contributed by atoms with Gasteiger partial charge in [-0.1, -0.05) is 6.92 Å². The van der Waals surface area contributed by atoms with E-state index in [-0.39, 0.29) is 18.2 Å². The van der Waals surface area contributed by atoms with Crippen LogP contribution in [-0.2, 0) is 10.2 Å². The number of hydrogen-bond acceptors (Lipinski definition) is 3. The minimum absolute atomic E-state index is 0.220. The molecule has 1 atom stereocenters. The molecular formula is C14H20F2N2O3S. The van der Waals surface area contributed by atoms with Gasteiger partial charge in [-0.25, -0.2) is 8.78 Å². The molecule has 1 aliphatic heterocycles. The van der Waals surface area contributed by atoms with E-state index >= 15 is 0 Å². The van der Waals surface area contributed by atoms with Gasteiger partial charge in [-0.15, -0.1) is 0 Å². The van der Waals surface area contributed by atoms with Crippen molar-refractivity contribution in [3.8, 4) is 0 Å². The number of anilines is 1. The number of benzene rings is 1. The Bertz CT molecular complexity index is 625. The fourth-order valence-electron chi connectivity index (χ4n) is 2.63. The van der Waals surface area contributed by atoms with E-state index in [0.29, 0.717) is 19.2 Å². The van der Waals surface area contributed by atoms with Gasteiger partial charge in [0.15, 0.2) is 0 Å². The summed E-state index contributed by atoms with van der Waals surface area (Å²) in [5, 5.41) is 9.14. The Morgan fingerprint density at radius 3 is 2.73 bits per heavy atom. The molecule has 2 rings (SSSR count). The topological polar surface area (TPSA) is 60.9 Å². The summed E-state index contributed by atoms with van der Waals surface area (Å²) in [5.41, 5.74) is -0.256. The van der Waals surface area contributed by atoms with Crippen molar-refractivity contribution in [1.29, 1.82) is 0 Å². The maximum Gasteiger partial charge on any atom is 0.304 e. The Balaban J connectivity index is 2.37. The summed E-state index contributed by atoms with van der Waals surface area (Å²) in [4.78, 5) is 0. The van der Waals surface area contributed by atoms with Crippen molar-refractivity contribution in [2.45, 2.75) is 19.8 Å². The minimum atomic E-state index is -3.96. The molecule has 0 aliphatic carbocycles. The Kier molecular flexibility index (Phi) is 5.36. The lowest BCUT2D eigenvalue weighted by molar-refractivity contribution is 0.276. The molecule has 0 saturated carbocycles. The van der Waals surface area contributed by atoms with Crippen molar-refractivity contribution in [1.82, 2.24) is 4.31 Å². The third-order valence-corrected chi connectivity index (χ3v) is 5.63. The number of aliphatic hydroxyl groups is 1. The summed E-state index contributed by atoms with van der Waals surface area (Å²) in [7, 11) is -3.96. The van der Waals surface area contributed by atoms with E-state index in [4.69, 9.17) is 5.11 Å². The average molecular weight is 334 g/mol. The molecule has 124 valence electrons. The third-order valence-electron chi connectivity index (χ3n) is 3.71. The summed E-state index contributed by atoms with van der Waals surface area (Å²) in [6, 6.07) is 2.70. The second kappa shape index (κ2) is 6.89. The molecule has 0 spiro atoms. The van der Waals surface area contributed by atoms with Crippen molar-refractivity contribution < 1.29 is 22.3 Å². The van der Waals surface area contributed by atoms with Gasteiger partial charge < -0.3 is 5.11 Å². The molecule has 1 aliphatic rings. The SMILES string of the molecule is CC1CCCN(S(=O)(=O)N(CCO)c2ccc(F)cc2F)C1. The number of rotatable bonds is 5. The lowest BCUT2D eigenvalue weighted by atomic mass is 10.0. The Morgan fingerprint density at radius 2 is 2.14 bits per heavy atom. The van der Waals surface area contributed by atoms with Crippen molar-refractivity contribution in [2.24, 2.45) is 5.92 Å². The molecule has 8 heteroatoms.